The van der Waals surface area contributed by atoms with Gasteiger partial charge in [-0.3, -0.25) is 4.79 Å². The topological polar surface area (TPSA) is 38.3 Å². The molecule has 0 heterocycles. The summed E-state index contributed by atoms with van der Waals surface area (Å²) in [6.07, 6.45) is 0.0662. The standard InChI is InChI=1S/C17H18FNO2/c1-12(2)21-15-8-5-7-14(11-15)19-17(20)10-13-6-3-4-9-16(13)18/h3-9,11-12H,10H2,1-2H3,(H,19,20). The van der Waals surface area contributed by atoms with Gasteiger partial charge in [-0.1, -0.05) is 24.3 Å². The van der Waals surface area contributed by atoms with Gasteiger partial charge in [0, 0.05) is 11.8 Å². The molecule has 0 atom stereocenters. The molecule has 3 nitrogen and oxygen atoms in total. The minimum atomic E-state index is -0.371. The molecular formula is C17H18FNO2. The van der Waals surface area contributed by atoms with E-state index in [1.165, 1.54) is 6.07 Å². The number of halogens is 1. The summed E-state index contributed by atoms with van der Waals surface area (Å²) in [7, 11) is 0. The van der Waals surface area contributed by atoms with Crippen molar-refractivity contribution in [2.45, 2.75) is 26.4 Å². The molecule has 2 rings (SSSR count). The van der Waals surface area contributed by atoms with Crippen molar-refractivity contribution in [3.8, 4) is 5.75 Å². The maximum absolute atomic E-state index is 13.5. The Hall–Kier alpha value is -2.36. The summed E-state index contributed by atoms with van der Waals surface area (Å²) >= 11 is 0. The summed E-state index contributed by atoms with van der Waals surface area (Å²) in [6, 6.07) is 13.4. The van der Waals surface area contributed by atoms with Crippen LogP contribution in [0.1, 0.15) is 19.4 Å². The van der Waals surface area contributed by atoms with E-state index in [0.717, 1.165) is 0 Å². The molecule has 21 heavy (non-hydrogen) atoms. The van der Waals surface area contributed by atoms with Gasteiger partial charge in [0.15, 0.2) is 0 Å². The van der Waals surface area contributed by atoms with Crippen molar-refractivity contribution in [2.75, 3.05) is 5.32 Å². The fourth-order valence-corrected chi connectivity index (χ4v) is 1.94. The maximum atomic E-state index is 13.5. The molecule has 1 amide bonds. The highest BCUT2D eigenvalue weighted by Gasteiger charge is 2.08. The van der Waals surface area contributed by atoms with E-state index in [2.05, 4.69) is 5.32 Å². The first kappa shape index (κ1) is 15.0. The third-order valence-corrected chi connectivity index (χ3v) is 2.80. The number of carbonyl (C=O) groups is 1. The number of rotatable bonds is 5. The molecule has 0 aromatic heterocycles. The first-order chi connectivity index (χ1) is 10.0. The molecule has 0 unspecified atom stereocenters. The van der Waals surface area contributed by atoms with Crippen molar-refractivity contribution in [1.82, 2.24) is 0 Å². The van der Waals surface area contributed by atoms with Crippen molar-refractivity contribution >= 4 is 11.6 Å². The lowest BCUT2D eigenvalue weighted by atomic mass is 10.1. The second-order valence-corrected chi connectivity index (χ2v) is 5.01. The van der Waals surface area contributed by atoms with Gasteiger partial charge in [-0.05, 0) is 37.6 Å². The van der Waals surface area contributed by atoms with Crippen LogP contribution in [0.5, 0.6) is 5.75 Å². The van der Waals surface area contributed by atoms with Crippen LogP contribution < -0.4 is 10.1 Å². The van der Waals surface area contributed by atoms with Crippen molar-refractivity contribution in [2.24, 2.45) is 0 Å². The summed E-state index contributed by atoms with van der Waals surface area (Å²) in [6.45, 7) is 3.87. The predicted molar refractivity (Wildman–Crippen MR) is 80.9 cm³/mol. The summed E-state index contributed by atoms with van der Waals surface area (Å²) in [4.78, 5) is 11.9. The van der Waals surface area contributed by atoms with Crippen LogP contribution in [0.4, 0.5) is 10.1 Å². The first-order valence-corrected chi connectivity index (χ1v) is 6.84. The molecule has 1 N–H and O–H groups in total. The Kier molecular flexibility index (Phi) is 4.93. The van der Waals surface area contributed by atoms with E-state index in [4.69, 9.17) is 4.74 Å². The molecule has 2 aromatic carbocycles. The van der Waals surface area contributed by atoms with Gasteiger partial charge in [0.1, 0.15) is 11.6 Å². The highest BCUT2D eigenvalue weighted by molar-refractivity contribution is 5.92. The van der Waals surface area contributed by atoms with Gasteiger partial charge in [0.2, 0.25) is 5.91 Å². The van der Waals surface area contributed by atoms with Gasteiger partial charge >= 0.3 is 0 Å². The lowest BCUT2D eigenvalue weighted by Gasteiger charge is -2.11. The monoisotopic (exact) mass is 287 g/mol. The average Bonchev–Trinajstić information content (AvgIpc) is 2.41. The Morgan fingerprint density at radius 1 is 1.19 bits per heavy atom. The molecule has 0 fully saturated rings. The molecule has 0 bridgehead atoms. The van der Waals surface area contributed by atoms with Crippen molar-refractivity contribution in [3.05, 3.63) is 59.9 Å². The molecule has 110 valence electrons. The Bertz CT molecular complexity index is 626. The zero-order chi connectivity index (χ0) is 15.2. The second-order valence-electron chi connectivity index (χ2n) is 5.01. The zero-order valence-electron chi connectivity index (χ0n) is 12.1. The smallest absolute Gasteiger partial charge is 0.228 e. The average molecular weight is 287 g/mol. The Balaban J connectivity index is 2.01. The number of ether oxygens (including phenoxy) is 1. The van der Waals surface area contributed by atoms with Crippen LogP contribution in [0.15, 0.2) is 48.5 Å². The molecule has 2 aromatic rings. The van der Waals surface area contributed by atoms with Crippen molar-refractivity contribution in [1.29, 1.82) is 0 Å². The molecular weight excluding hydrogens is 269 g/mol. The Morgan fingerprint density at radius 3 is 2.67 bits per heavy atom. The Labute approximate surface area is 123 Å². The van der Waals surface area contributed by atoms with Crippen LogP contribution >= 0.6 is 0 Å². The number of amides is 1. The molecule has 0 saturated carbocycles. The summed E-state index contributed by atoms with van der Waals surface area (Å²) in [5, 5.41) is 2.75. The highest BCUT2D eigenvalue weighted by Crippen LogP contribution is 2.19. The lowest BCUT2D eigenvalue weighted by Crippen LogP contribution is -2.15. The van der Waals surface area contributed by atoms with Crippen LogP contribution in [-0.4, -0.2) is 12.0 Å². The molecule has 0 aliphatic rings. The van der Waals surface area contributed by atoms with Gasteiger partial charge in [-0.25, -0.2) is 4.39 Å². The van der Waals surface area contributed by atoms with Gasteiger partial charge in [0.05, 0.1) is 12.5 Å². The number of nitrogens with one attached hydrogen (secondary N) is 1. The van der Waals surface area contributed by atoms with E-state index in [1.807, 2.05) is 19.9 Å². The summed E-state index contributed by atoms with van der Waals surface area (Å²) in [5.74, 6) is 0.0556. The van der Waals surface area contributed by atoms with Gasteiger partial charge in [-0.15, -0.1) is 0 Å². The maximum Gasteiger partial charge on any atom is 0.228 e. The highest BCUT2D eigenvalue weighted by atomic mass is 19.1. The fourth-order valence-electron chi connectivity index (χ4n) is 1.94. The number of hydrogen-bond donors (Lipinski definition) is 1. The predicted octanol–water partition coefficient (Wildman–Crippen LogP) is 3.79. The minimum absolute atomic E-state index is 0.00192. The van der Waals surface area contributed by atoms with Crippen LogP contribution in [0.2, 0.25) is 0 Å². The third-order valence-electron chi connectivity index (χ3n) is 2.80. The van der Waals surface area contributed by atoms with Crippen LogP contribution in [0, 0.1) is 5.82 Å². The third kappa shape index (κ3) is 4.60. The van der Waals surface area contributed by atoms with Gasteiger partial charge in [-0.2, -0.15) is 0 Å². The number of carbonyl (C=O) groups excluding carboxylic acids is 1. The largest absolute Gasteiger partial charge is 0.491 e. The van der Waals surface area contributed by atoms with E-state index in [0.29, 0.717) is 17.0 Å². The van der Waals surface area contributed by atoms with E-state index in [9.17, 15) is 9.18 Å². The molecule has 4 heteroatoms. The van der Waals surface area contributed by atoms with Crippen LogP contribution in [0.25, 0.3) is 0 Å². The quantitative estimate of drug-likeness (QED) is 0.908. The lowest BCUT2D eigenvalue weighted by molar-refractivity contribution is -0.115. The van der Waals surface area contributed by atoms with Crippen molar-refractivity contribution in [3.63, 3.8) is 0 Å². The molecule has 0 radical (unpaired) electrons. The van der Waals surface area contributed by atoms with Crippen LogP contribution in [-0.2, 0) is 11.2 Å². The van der Waals surface area contributed by atoms with Crippen molar-refractivity contribution < 1.29 is 13.9 Å². The van der Waals surface area contributed by atoms with E-state index in [-0.39, 0.29) is 24.2 Å². The van der Waals surface area contributed by atoms with E-state index in [1.54, 1.807) is 36.4 Å². The van der Waals surface area contributed by atoms with E-state index >= 15 is 0 Å². The van der Waals surface area contributed by atoms with E-state index < -0.39 is 0 Å². The molecule has 0 aliphatic heterocycles. The van der Waals surface area contributed by atoms with Gasteiger partial charge in [0.25, 0.3) is 0 Å². The molecule has 0 aliphatic carbocycles. The number of benzene rings is 2. The van der Waals surface area contributed by atoms with Gasteiger partial charge < -0.3 is 10.1 Å². The zero-order valence-corrected chi connectivity index (χ0v) is 12.1. The fraction of sp³-hybridized carbons (Fsp3) is 0.235. The second kappa shape index (κ2) is 6.88. The van der Waals surface area contributed by atoms with Crippen LogP contribution in [0.3, 0.4) is 0 Å². The SMILES string of the molecule is CC(C)Oc1cccc(NC(=O)Cc2ccccc2F)c1. The summed E-state index contributed by atoms with van der Waals surface area (Å²) in [5.41, 5.74) is 1.01. The Morgan fingerprint density at radius 2 is 1.95 bits per heavy atom. The normalized spacial score (nSPS) is 10.5. The molecule has 0 spiro atoms. The number of anilines is 1. The minimum Gasteiger partial charge on any atom is -0.491 e. The first-order valence-electron chi connectivity index (χ1n) is 6.84. The number of hydrogen-bond acceptors (Lipinski definition) is 2. The summed E-state index contributed by atoms with van der Waals surface area (Å²) < 4.78 is 19.1. The molecule has 0 saturated heterocycles.